The van der Waals surface area contributed by atoms with Crippen LogP contribution in [0.15, 0.2) is 105 Å². The van der Waals surface area contributed by atoms with Crippen molar-refractivity contribution in [3.8, 4) is 5.75 Å². The number of ether oxygens (including phenoxy) is 2. The number of nitrogens with one attached hydrogen (secondary N) is 1. The number of aliphatic hydroxyl groups excluding tert-OH is 1. The fourth-order valence-corrected chi connectivity index (χ4v) is 5.35. The zero-order chi connectivity index (χ0) is 30.4. The zero-order valence-corrected chi connectivity index (χ0v) is 26.1. The number of hydrogen-bond acceptors (Lipinski definition) is 5. The Morgan fingerprint density at radius 2 is 1.56 bits per heavy atom. The Morgan fingerprint density at radius 3 is 2.21 bits per heavy atom. The van der Waals surface area contributed by atoms with Gasteiger partial charge in [-0.3, -0.25) is 4.79 Å². The van der Waals surface area contributed by atoms with Crippen molar-refractivity contribution in [1.29, 1.82) is 0 Å². The van der Waals surface area contributed by atoms with Crippen LogP contribution in [0, 0.1) is 11.6 Å². The average Bonchev–Trinajstić information content (AvgIpc) is 3.40. The summed E-state index contributed by atoms with van der Waals surface area (Å²) in [6.45, 7) is 0.391. The molecule has 0 saturated heterocycles. The van der Waals surface area contributed by atoms with E-state index in [1.54, 1.807) is 24.3 Å². The van der Waals surface area contributed by atoms with Gasteiger partial charge in [0.05, 0.1) is 6.61 Å². The first-order chi connectivity index (χ1) is 20.8. The van der Waals surface area contributed by atoms with Crippen LogP contribution in [-0.4, -0.2) is 35.7 Å². The summed E-state index contributed by atoms with van der Waals surface area (Å²) in [6, 6.07) is 25.8. The van der Waals surface area contributed by atoms with Gasteiger partial charge in [0.1, 0.15) is 5.75 Å². The number of aliphatic imine (C=N–C) groups is 1. The fourth-order valence-electron chi connectivity index (χ4n) is 4.82. The van der Waals surface area contributed by atoms with Gasteiger partial charge in [0.15, 0.2) is 23.3 Å². The lowest BCUT2D eigenvalue weighted by Gasteiger charge is -2.31. The molecule has 0 saturated carbocycles. The molecule has 1 heterocycles. The predicted molar refractivity (Wildman–Crippen MR) is 167 cm³/mol. The highest BCUT2D eigenvalue weighted by Gasteiger charge is 2.53. The van der Waals surface area contributed by atoms with E-state index in [0.717, 1.165) is 32.2 Å². The van der Waals surface area contributed by atoms with Crippen molar-refractivity contribution in [2.45, 2.75) is 31.0 Å². The van der Waals surface area contributed by atoms with Gasteiger partial charge < -0.3 is 19.9 Å². The van der Waals surface area contributed by atoms with E-state index < -0.39 is 29.2 Å². The number of amides is 1. The summed E-state index contributed by atoms with van der Waals surface area (Å²) in [6.07, 6.45) is -0.0778. The molecule has 0 fully saturated rings. The Bertz CT molecular complexity index is 1600. The van der Waals surface area contributed by atoms with Gasteiger partial charge in [-0.2, -0.15) is 0 Å². The lowest BCUT2D eigenvalue weighted by Crippen LogP contribution is -2.49. The van der Waals surface area contributed by atoms with Crippen LogP contribution in [0.25, 0.3) is 0 Å². The molecule has 0 unspecified atom stereocenters. The number of hydrogen-bond donors (Lipinski definition) is 2. The van der Waals surface area contributed by atoms with Gasteiger partial charge in [-0.1, -0.05) is 62.2 Å². The second-order valence-corrected chi connectivity index (χ2v) is 11.9. The van der Waals surface area contributed by atoms with Crippen LogP contribution in [0.1, 0.15) is 34.8 Å². The first-order valence-electron chi connectivity index (χ1n) is 13.6. The van der Waals surface area contributed by atoms with Crippen LogP contribution < -0.4 is 10.1 Å². The summed E-state index contributed by atoms with van der Waals surface area (Å²) in [5.41, 5.74) is 1.22. The molecule has 0 aromatic heterocycles. The summed E-state index contributed by atoms with van der Waals surface area (Å²) in [4.78, 5) is 19.3. The fraction of sp³-hybridized carbons (Fsp3) is 0.212. The Hall–Kier alpha value is -3.60. The molecule has 1 aliphatic rings. The summed E-state index contributed by atoms with van der Waals surface area (Å²) in [5, 5.41) is 11.9. The van der Waals surface area contributed by atoms with Gasteiger partial charge in [-0.05, 0) is 77.4 Å². The second kappa shape index (κ2) is 13.8. The highest BCUT2D eigenvalue weighted by molar-refractivity contribution is 9.10. The third-order valence-electron chi connectivity index (χ3n) is 7.03. The predicted octanol–water partition coefficient (Wildman–Crippen LogP) is 7.07. The molecule has 5 rings (SSSR count). The molecule has 4 aromatic carbocycles. The van der Waals surface area contributed by atoms with Crippen LogP contribution in [0.4, 0.5) is 8.78 Å². The molecule has 43 heavy (non-hydrogen) atoms. The van der Waals surface area contributed by atoms with Crippen LogP contribution in [-0.2, 0) is 22.5 Å². The maximum Gasteiger partial charge on any atom is 0.252 e. The van der Waals surface area contributed by atoms with Crippen LogP contribution in [0.5, 0.6) is 5.75 Å². The maximum absolute atomic E-state index is 14.3. The van der Waals surface area contributed by atoms with Gasteiger partial charge in [0.25, 0.3) is 5.91 Å². The molecule has 222 valence electrons. The molecular formula is C33H28Br2F2N2O4. The minimum atomic E-state index is -1.44. The number of carbonyl (C=O) groups is 1. The van der Waals surface area contributed by atoms with E-state index in [1.165, 1.54) is 6.07 Å². The van der Waals surface area contributed by atoms with Crippen molar-refractivity contribution < 1.29 is 28.2 Å². The number of benzene rings is 4. The third-order valence-corrected chi connectivity index (χ3v) is 8.08. The molecule has 0 aliphatic carbocycles. The highest BCUT2D eigenvalue weighted by atomic mass is 79.9. The first kappa shape index (κ1) is 30.8. The van der Waals surface area contributed by atoms with Gasteiger partial charge >= 0.3 is 0 Å². The van der Waals surface area contributed by atoms with E-state index in [-0.39, 0.29) is 25.5 Å². The monoisotopic (exact) mass is 712 g/mol. The minimum Gasteiger partial charge on any atom is -0.494 e. The van der Waals surface area contributed by atoms with E-state index in [4.69, 9.17) is 19.6 Å². The largest absolute Gasteiger partial charge is 0.494 e. The Morgan fingerprint density at radius 1 is 0.907 bits per heavy atom. The first-order valence-corrected chi connectivity index (χ1v) is 15.2. The summed E-state index contributed by atoms with van der Waals surface area (Å²) < 4.78 is 41.4. The van der Waals surface area contributed by atoms with E-state index >= 15 is 0 Å². The lowest BCUT2D eigenvalue weighted by atomic mass is 9.82. The molecule has 1 aliphatic heterocycles. The number of halogens is 4. The summed E-state index contributed by atoms with van der Waals surface area (Å²) >= 11 is 6.94. The summed E-state index contributed by atoms with van der Waals surface area (Å²) in [5.74, 6) is -1.45. The molecule has 2 atom stereocenters. The maximum atomic E-state index is 14.3. The molecule has 1 amide bonds. The molecule has 0 radical (unpaired) electrons. The number of aliphatic hydroxyl groups is 1. The molecule has 10 heteroatoms. The van der Waals surface area contributed by atoms with Gasteiger partial charge in [-0.15, -0.1) is 0 Å². The van der Waals surface area contributed by atoms with Crippen LogP contribution in [0.3, 0.4) is 0 Å². The Balaban J connectivity index is 1.54. The Kier molecular flexibility index (Phi) is 9.90. The van der Waals surface area contributed by atoms with E-state index in [1.807, 2.05) is 48.5 Å². The van der Waals surface area contributed by atoms with Crippen LogP contribution >= 0.6 is 31.9 Å². The van der Waals surface area contributed by atoms with Gasteiger partial charge in [0.2, 0.25) is 5.90 Å². The molecule has 0 spiro atoms. The quantitative estimate of drug-likeness (QED) is 0.163. The molecule has 2 N–H and O–H groups in total. The highest BCUT2D eigenvalue weighted by Crippen LogP contribution is 2.43. The number of carbonyl (C=O) groups excluding carboxylic acids is 1. The smallest absolute Gasteiger partial charge is 0.252 e. The van der Waals surface area contributed by atoms with Gasteiger partial charge in [-0.25, -0.2) is 13.8 Å². The standard InChI is InChI=1S/C33H28Br2F2N2O4/c34-25-9-2-21(3-10-25)19-33(32(41)38-20-22-4-15-28(36)29(37)18-22)30(23-5-11-26(35)12-6-23)43-31(39-33)24-7-13-27(14-8-24)42-17-1-16-40/h2-15,18,30,40H,1,16-17,19-20H2,(H,38,41)/t30-,33-/m1/s1. The Labute approximate surface area is 265 Å². The topological polar surface area (TPSA) is 80.2 Å². The molecular weight excluding hydrogens is 686 g/mol. The van der Waals surface area contributed by atoms with Crippen molar-refractivity contribution in [2.75, 3.05) is 13.2 Å². The summed E-state index contributed by atoms with van der Waals surface area (Å²) in [7, 11) is 0. The third kappa shape index (κ3) is 7.31. The van der Waals surface area contributed by atoms with Crippen molar-refractivity contribution in [1.82, 2.24) is 5.32 Å². The molecule has 0 bridgehead atoms. The number of rotatable bonds is 11. The minimum absolute atomic E-state index is 0.0318. The normalized spacial score (nSPS) is 17.7. The van der Waals surface area contributed by atoms with E-state index in [2.05, 4.69) is 37.2 Å². The van der Waals surface area contributed by atoms with Crippen molar-refractivity contribution in [2.24, 2.45) is 4.99 Å². The van der Waals surface area contributed by atoms with Crippen molar-refractivity contribution in [3.63, 3.8) is 0 Å². The van der Waals surface area contributed by atoms with Crippen molar-refractivity contribution in [3.05, 3.63) is 134 Å². The zero-order valence-electron chi connectivity index (χ0n) is 22.9. The van der Waals surface area contributed by atoms with E-state index in [0.29, 0.717) is 29.9 Å². The van der Waals surface area contributed by atoms with Gasteiger partial charge in [0, 0.05) is 40.5 Å². The number of nitrogens with zero attached hydrogens (tertiary/aromatic N) is 1. The SMILES string of the molecule is O=C(NCc1ccc(F)c(F)c1)[C@]1(Cc2ccc(Br)cc2)N=C(c2ccc(OCCCO)cc2)O[C@@H]1c1ccc(Br)cc1. The second-order valence-electron chi connectivity index (χ2n) is 10.1. The lowest BCUT2D eigenvalue weighted by molar-refractivity contribution is -0.129. The average molecular weight is 714 g/mol. The van der Waals surface area contributed by atoms with Crippen LogP contribution in [0.2, 0.25) is 0 Å². The van der Waals surface area contributed by atoms with E-state index in [9.17, 15) is 13.6 Å². The molecule has 4 aromatic rings. The van der Waals surface area contributed by atoms with Crippen molar-refractivity contribution >= 4 is 43.7 Å². The molecule has 6 nitrogen and oxygen atoms in total.